The lowest BCUT2D eigenvalue weighted by Gasteiger charge is -2.32. The van der Waals surface area contributed by atoms with Crippen LogP contribution in [0.15, 0.2) is 0 Å². The normalized spacial score (nSPS) is 30.1. The zero-order chi connectivity index (χ0) is 14.3. The van der Waals surface area contributed by atoms with Crippen LogP contribution in [0.5, 0.6) is 0 Å². The summed E-state index contributed by atoms with van der Waals surface area (Å²) in [7, 11) is 1.98. The summed E-state index contributed by atoms with van der Waals surface area (Å²) >= 11 is 12.9. The highest BCUT2D eigenvalue weighted by Gasteiger charge is 2.51. The third-order valence-corrected chi connectivity index (χ3v) is 5.81. The monoisotopic (exact) mass is 316 g/mol. The van der Waals surface area contributed by atoms with Gasteiger partial charge in [-0.2, -0.15) is 5.10 Å². The average Bonchev–Trinajstić information content (AvgIpc) is 3.16. The van der Waals surface area contributed by atoms with Crippen LogP contribution in [0.1, 0.15) is 37.6 Å². The van der Waals surface area contributed by atoms with Crippen molar-refractivity contribution < 1.29 is 4.74 Å². The Balaban J connectivity index is 1.89. The Labute approximate surface area is 130 Å². The third kappa shape index (κ3) is 2.38. The number of aromatic nitrogens is 2. The molecule has 0 spiro atoms. The van der Waals surface area contributed by atoms with Gasteiger partial charge in [-0.1, -0.05) is 18.5 Å². The molecule has 1 aliphatic carbocycles. The SMILES string of the molecule is CCc1nn(C)c(CC2(CCl)CCOC2C2CC2)c1Cl. The summed E-state index contributed by atoms with van der Waals surface area (Å²) in [6, 6.07) is 0. The molecule has 0 bridgehead atoms. The summed E-state index contributed by atoms with van der Waals surface area (Å²) in [6.07, 6.45) is 5.63. The Hall–Kier alpha value is -0.250. The molecule has 112 valence electrons. The van der Waals surface area contributed by atoms with E-state index in [9.17, 15) is 0 Å². The molecular formula is C15H22Cl2N2O. The van der Waals surface area contributed by atoms with Crippen LogP contribution in [0.25, 0.3) is 0 Å². The van der Waals surface area contributed by atoms with Crippen LogP contribution in [-0.4, -0.2) is 28.4 Å². The van der Waals surface area contributed by atoms with E-state index in [1.54, 1.807) is 0 Å². The van der Waals surface area contributed by atoms with Gasteiger partial charge in [0.05, 0.1) is 22.5 Å². The fourth-order valence-electron chi connectivity index (χ4n) is 3.47. The van der Waals surface area contributed by atoms with Crippen LogP contribution in [0.2, 0.25) is 5.02 Å². The van der Waals surface area contributed by atoms with E-state index < -0.39 is 0 Å². The first-order chi connectivity index (χ1) is 9.61. The standard InChI is InChI=1S/C15H22Cl2N2O/c1-3-11-13(17)12(19(2)18-11)8-15(9-16)6-7-20-14(15)10-4-5-10/h10,14H,3-9H2,1-2H3. The lowest BCUT2D eigenvalue weighted by atomic mass is 9.76. The van der Waals surface area contributed by atoms with Crippen molar-refractivity contribution in [3.63, 3.8) is 0 Å². The van der Waals surface area contributed by atoms with Gasteiger partial charge in [-0.15, -0.1) is 11.6 Å². The lowest BCUT2D eigenvalue weighted by molar-refractivity contribution is 0.0396. The van der Waals surface area contributed by atoms with Crippen molar-refractivity contribution in [2.24, 2.45) is 18.4 Å². The van der Waals surface area contributed by atoms with Crippen molar-refractivity contribution in [1.29, 1.82) is 0 Å². The van der Waals surface area contributed by atoms with E-state index in [4.69, 9.17) is 27.9 Å². The zero-order valence-electron chi connectivity index (χ0n) is 12.2. The molecule has 1 aromatic rings. The molecule has 20 heavy (non-hydrogen) atoms. The first kappa shape index (κ1) is 14.7. The van der Waals surface area contributed by atoms with Crippen molar-refractivity contribution >= 4 is 23.2 Å². The maximum atomic E-state index is 6.50. The van der Waals surface area contributed by atoms with Gasteiger partial charge < -0.3 is 4.74 Å². The molecule has 1 aromatic heterocycles. The number of ether oxygens (including phenoxy) is 1. The lowest BCUT2D eigenvalue weighted by Crippen LogP contribution is -2.37. The number of alkyl halides is 1. The van der Waals surface area contributed by atoms with Gasteiger partial charge in [0.1, 0.15) is 0 Å². The predicted octanol–water partition coefficient (Wildman–Crippen LogP) is 3.60. The van der Waals surface area contributed by atoms with Crippen molar-refractivity contribution in [2.75, 3.05) is 12.5 Å². The molecule has 1 saturated heterocycles. The quantitative estimate of drug-likeness (QED) is 0.776. The minimum absolute atomic E-state index is 0.0329. The number of nitrogens with zero attached hydrogens (tertiary/aromatic N) is 2. The van der Waals surface area contributed by atoms with Gasteiger partial charge in [-0.3, -0.25) is 4.68 Å². The maximum absolute atomic E-state index is 6.50. The van der Waals surface area contributed by atoms with Gasteiger partial charge in [0.25, 0.3) is 0 Å². The molecule has 0 aromatic carbocycles. The Bertz CT molecular complexity index is 498. The molecular weight excluding hydrogens is 295 g/mol. The van der Waals surface area contributed by atoms with Gasteiger partial charge in [-0.25, -0.2) is 0 Å². The Morgan fingerprint density at radius 2 is 2.20 bits per heavy atom. The van der Waals surface area contributed by atoms with E-state index in [-0.39, 0.29) is 5.41 Å². The molecule has 2 unspecified atom stereocenters. The van der Waals surface area contributed by atoms with Crippen molar-refractivity contribution in [3.8, 4) is 0 Å². The van der Waals surface area contributed by atoms with Gasteiger partial charge in [0, 0.05) is 31.4 Å². The smallest absolute Gasteiger partial charge is 0.0849 e. The predicted molar refractivity (Wildman–Crippen MR) is 81.5 cm³/mol. The van der Waals surface area contributed by atoms with E-state index >= 15 is 0 Å². The van der Waals surface area contributed by atoms with E-state index in [2.05, 4.69) is 12.0 Å². The molecule has 2 aliphatic rings. The maximum Gasteiger partial charge on any atom is 0.0849 e. The summed E-state index contributed by atoms with van der Waals surface area (Å²) in [4.78, 5) is 0. The first-order valence-corrected chi connectivity index (χ1v) is 8.40. The molecule has 3 nitrogen and oxygen atoms in total. The summed E-state index contributed by atoms with van der Waals surface area (Å²) in [5, 5.41) is 5.34. The molecule has 1 saturated carbocycles. The second-order valence-corrected chi connectivity index (χ2v) is 6.88. The molecule has 0 N–H and O–H groups in total. The Morgan fingerprint density at radius 3 is 2.75 bits per heavy atom. The van der Waals surface area contributed by atoms with Gasteiger partial charge >= 0.3 is 0 Å². The van der Waals surface area contributed by atoms with Crippen molar-refractivity contribution in [1.82, 2.24) is 9.78 Å². The minimum Gasteiger partial charge on any atom is -0.377 e. The third-order valence-electron chi connectivity index (χ3n) is 4.84. The van der Waals surface area contributed by atoms with Crippen molar-refractivity contribution in [3.05, 3.63) is 16.4 Å². The molecule has 2 heterocycles. The fourth-order valence-corrected chi connectivity index (χ4v) is 4.21. The second-order valence-electron chi connectivity index (χ2n) is 6.24. The average molecular weight is 317 g/mol. The highest BCUT2D eigenvalue weighted by Crippen LogP contribution is 2.50. The van der Waals surface area contributed by atoms with E-state index in [0.29, 0.717) is 17.9 Å². The van der Waals surface area contributed by atoms with Crippen LogP contribution in [-0.2, 0) is 24.6 Å². The van der Waals surface area contributed by atoms with Crippen LogP contribution in [0.4, 0.5) is 0 Å². The molecule has 5 heteroatoms. The van der Waals surface area contributed by atoms with Gasteiger partial charge in [0.15, 0.2) is 0 Å². The number of hydrogen-bond donors (Lipinski definition) is 0. The van der Waals surface area contributed by atoms with Crippen LogP contribution < -0.4 is 0 Å². The molecule has 3 rings (SSSR count). The number of hydrogen-bond acceptors (Lipinski definition) is 2. The van der Waals surface area contributed by atoms with Crippen molar-refractivity contribution in [2.45, 2.75) is 45.1 Å². The molecule has 2 fully saturated rings. The second kappa shape index (κ2) is 5.51. The topological polar surface area (TPSA) is 27.1 Å². The summed E-state index contributed by atoms with van der Waals surface area (Å²) in [6.45, 7) is 2.91. The zero-order valence-corrected chi connectivity index (χ0v) is 13.7. The highest BCUT2D eigenvalue weighted by atomic mass is 35.5. The summed E-state index contributed by atoms with van der Waals surface area (Å²) in [5.74, 6) is 1.34. The molecule has 1 aliphatic heterocycles. The minimum atomic E-state index is 0.0329. The summed E-state index contributed by atoms with van der Waals surface area (Å²) in [5.41, 5.74) is 2.13. The van der Waals surface area contributed by atoms with E-state index in [1.807, 2.05) is 11.7 Å². The Kier molecular flexibility index (Phi) is 4.04. The summed E-state index contributed by atoms with van der Waals surface area (Å²) < 4.78 is 7.94. The number of aryl methyl sites for hydroxylation is 2. The van der Waals surface area contributed by atoms with Crippen LogP contribution in [0.3, 0.4) is 0 Å². The Morgan fingerprint density at radius 1 is 1.45 bits per heavy atom. The molecule has 2 atom stereocenters. The van der Waals surface area contributed by atoms with Crippen LogP contribution >= 0.6 is 23.2 Å². The largest absolute Gasteiger partial charge is 0.377 e. The fraction of sp³-hybridized carbons (Fsp3) is 0.800. The molecule has 0 radical (unpaired) electrons. The van der Waals surface area contributed by atoms with Gasteiger partial charge in [-0.05, 0) is 31.6 Å². The molecule has 0 amide bonds. The first-order valence-electron chi connectivity index (χ1n) is 7.49. The van der Waals surface area contributed by atoms with Crippen LogP contribution in [0, 0.1) is 11.3 Å². The number of halogens is 2. The van der Waals surface area contributed by atoms with E-state index in [1.165, 1.54) is 12.8 Å². The highest BCUT2D eigenvalue weighted by molar-refractivity contribution is 6.31. The number of rotatable bonds is 5. The van der Waals surface area contributed by atoms with Gasteiger partial charge in [0.2, 0.25) is 0 Å². The van der Waals surface area contributed by atoms with E-state index in [0.717, 1.165) is 42.3 Å².